The van der Waals surface area contributed by atoms with Crippen molar-refractivity contribution in [2.45, 2.75) is 30.7 Å². The third kappa shape index (κ3) is 3.81. The minimum atomic E-state index is -3.69. The van der Waals surface area contributed by atoms with Gasteiger partial charge in [-0.15, -0.1) is 0 Å². The Morgan fingerprint density at radius 2 is 2.14 bits per heavy atom. The number of nitrogens with zero attached hydrogens (tertiary/aromatic N) is 2. The zero-order valence-electron chi connectivity index (χ0n) is 18.1. The summed E-state index contributed by atoms with van der Waals surface area (Å²) in [6.07, 6.45) is -0.341. The molecule has 9 heteroatoms. The number of Topliss-reactive ketones (excluding diaryl/α,β-unsaturated/α-hetero) is 1. The molecule has 1 aliphatic rings. The van der Waals surface area contributed by atoms with E-state index in [-0.39, 0.29) is 35.7 Å². The van der Waals surface area contributed by atoms with Gasteiger partial charge in [0.05, 0.1) is 23.2 Å². The van der Waals surface area contributed by atoms with Crippen molar-refractivity contribution in [3.8, 4) is 5.75 Å². The summed E-state index contributed by atoms with van der Waals surface area (Å²) in [6, 6.07) is 5.53. The smallest absolute Gasteiger partial charge is 0.280 e. The molecule has 2 heterocycles. The number of carbonyl (C=O) groups is 1. The van der Waals surface area contributed by atoms with E-state index >= 15 is 0 Å². The SMILES string of the molecule is [2H]C([2H])([2H])Oc1ccc(C(=O)Cc2ccc(F)c([C@@]3(CF)N=C(N)CCC3(F)F)c2)nc1. The summed E-state index contributed by atoms with van der Waals surface area (Å²) in [4.78, 5) is 20.0. The molecule has 154 valence electrons. The van der Waals surface area contributed by atoms with Crippen molar-refractivity contribution in [1.82, 2.24) is 4.98 Å². The molecule has 0 aliphatic carbocycles. The third-order valence-corrected chi connectivity index (χ3v) is 4.81. The molecule has 0 fully saturated rings. The van der Waals surface area contributed by atoms with E-state index in [0.29, 0.717) is 0 Å². The van der Waals surface area contributed by atoms with Crippen molar-refractivity contribution in [2.75, 3.05) is 13.7 Å². The van der Waals surface area contributed by atoms with Gasteiger partial charge in [0, 0.05) is 24.8 Å². The molecule has 1 atom stereocenters. The maximum absolute atomic E-state index is 14.7. The minimum absolute atomic E-state index is 0.0563. The van der Waals surface area contributed by atoms with E-state index < -0.39 is 48.8 Å². The number of ketones is 1. The Hall–Kier alpha value is -2.97. The third-order valence-electron chi connectivity index (χ3n) is 4.81. The quantitative estimate of drug-likeness (QED) is 0.581. The Kier molecular flexibility index (Phi) is 4.56. The number of amidine groups is 1. The number of ether oxygens (including phenoxy) is 1. The number of aliphatic imine (C=N–C) groups is 1. The molecule has 1 aromatic heterocycles. The highest BCUT2D eigenvalue weighted by Crippen LogP contribution is 2.48. The first-order valence-electron chi connectivity index (χ1n) is 10.1. The maximum atomic E-state index is 14.7. The van der Waals surface area contributed by atoms with E-state index in [0.717, 1.165) is 18.3 Å². The summed E-state index contributed by atoms with van der Waals surface area (Å²) < 4.78 is 83.6. The molecule has 29 heavy (non-hydrogen) atoms. The second-order valence-electron chi connectivity index (χ2n) is 6.70. The second-order valence-corrected chi connectivity index (χ2v) is 6.70. The Morgan fingerprint density at radius 3 is 2.79 bits per heavy atom. The number of aromatic nitrogens is 1. The van der Waals surface area contributed by atoms with Crippen molar-refractivity contribution in [2.24, 2.45) is 10.7 Å². The van der Waals surface area contributed by atoms with Crippen LogP contribution in [0.25, 0.3) is 0 Å². The van der Waals surface area contributed by atoms with Crippen molar-refractivity contribution in [3.63, 3.8) is 0 Å². The molecule has 3 rings (SSSR count). The van der Waals surface area contributed by atoms with Crippen molar-refractivity contribution in [1.29, 1.82) is 0 Å². The zero-order chi connectivity index (χ0) is 23.7. The first-order valence-corrected chi connectivity index (χ1v) is 8.62. The lowest BCUT2D eigenvalue weighted by molar-refractivity contribution is -0.0959. The summed E-state index contributed by atoms with van der Waals surface area (Å²) in [5, 5.41) is 0. The van der Waals surface area contributed by atoms with Gasteiger partial charge in [-0.3, -0.25) is 9.79 Å². The molecule has 0 unspecified atom stereocenters. The average molecular weight is 412 g/mol. The Balaban J connectivity index is 1.89. The molecule has 0 bridgehead atoms. The molecule has 0 radical (unpaired) electrons. The number of nitrogens with two attached hydrogens (primary N) is 1. The molecule has 5 nitrogen and oxygen atoms in total. The molecule has 0 spiro atoms. The Labute approximate surface area is 168 Å². The van der Waals surface area contributed by atoms with Gasteiger partial charge in [0.15, 0.2) is 11.3 Å². The molecule has 0 amide bonds. The number of halogens is 4. The van der Waals surface area contributed by atoms with Crippen LogP contribution >= 0.6 is 0 Å². The summed E-state index contributed by atoms with van der Waals surface area (Å²) >= 11 is 0. The molecule has 1 aromatic carbocycles. The van der Waals surface area contributed by atoms with Crippen molar-refractivity contribution < 1.29 is 31.2 Å². The normalized spacial score (nSPS) is 22.8. The van der Waals surface area contributed by atoms with Gasteiger partial charge in [-0.05, 0) is 29.8 Å². The number of rotatable bonds is 6. The fourth-order valence-electron chi connectivity index (χ4n) is 3.21. The van der Waals surface area contributed by atoms with Gasteiger partial charge in [0.25, 0.3) is 5.92 Å². The molecular formula is C20H19F4N3O2. The van der Waals surface area contributed by atoms with Crippen molar-refractivity contribution >= 4 is 11.6 Å². The van der Waals surface area contributed by atoms with Crippen LogP contribution in [-0.4, -0.2) is 36.2 Å². The van der Waals surface area contributed by atoms with Crippen LogP contribution in [0.2, 0.25) is 0 Å². The number of methoxy groups -OCH3 is 1. The topological polar surface area (TPSA) is 77.6 Å². The molecule has 1 aliphatic heterocycles. The van der Waals surface area contributed by atoms with E-state index in [4.69, 9.17) is 9.85 Å². The number of pyridine rings is 1. The van der Waals surface area contributed by atoms with Gasteiger partial charge in [0.2, 0.25) is 0 Å². The monoisotopic (exact) mass is 412 g/mol. The van der Waals surface area contributed by atoms with Crippen molar-refractivity contribution in [3.05, 3.63) is 59.2 Å². The standard InChI is InChI=1S/C20H19F4N3O2/c1-29-13-3-5-16(26-10-13)17(28)9-12-2-4-15(22)14(8-12)19(11-21)20(23,24)7-6-18(25)27-19/h2-5,8,10H,6-7,9,11H2,1H3,(H2,25,27)/t19-/m1/s1/i1D3. The van der Waals surface area contributed by atoms with Gasteiger partial charge in [0.1, 0.15) is 23.9 Å². The van der Waals surface area contributed by atoms with Gasteiger partial charge < -0.3 is 10.5 Å². The number of alkyl halides is 3. The van der Waals surface area contributed by atoms with E-state index in [1.165, 1.54) is 18.2 Å². The van der Waals surface area contributed by atoms with Crippen LogP contribution in [-0.2, 0) is 12.0 Å². The maximum Gasteiger partial charge on any atom is 0.280 e. The average Bonchev–Trinajstić information content (AvgIpc) is 2.70. The Morgan fingerprint density at radius 1 is 1.34 bits per heavy atom. The molecule has 0 saturated heterocycles. The van der Waals surface area contributed by atoms with Crippen LogP contribution in [0, 0.1) is 5.82 Å². The fraction of sp³-hybridized carbons (Fsp3) is 0.350. The van der Waals surface area contributed by atoms with Crippen LogP contribution in [0.4, 0.5) is 17.6 Å². The first kappa shape index (κ1) is 16.9. The van der Waals surface area contributed by atoms with Crippen LogP contribution in [0.3, 0.4) is 0 Å². The van der Waals surface area contributed by atoms with Gasteiger partial charge in [-0.25, -0.2) is 22.5 Å². The second kappa shape index (κ2) is 7.81. The number of hydrogen-bond donors (Lipinski definition) is 1. The lowest BCUT2D eigenvalue weighted by Crippen LogP contribution is -2.51. The zero-order valence-corrected chi connectivity index (χ0v) is 15.1. The fourth-order valence-corrected chi connectivity index (χ4v) is 3.21. The molecule has 2 aromatic rings. The number of carbonyl (C=O) groups excluding carboxylic acids is 1. The predicted octanol–water partition coefficient (Wildman–Crippen LogP) is 3.61. The summed E-state index contributed by atoms with van der Waals surface area (Å²) in [5.41, 5.74) is 2.14. The van der Waals surface area contributed by atoms with Gasteiger partial charge >= 0.3 is 0 Å². The number of hydrogen-bond acceptors (Lipinski definition) is 5. The molecular weight excluding hydrogens is 390 g/mol. The van der Waals surface area contributed by atoms with E-state index in [1.54, 1.807) is 0 Å². The van der Waals surface area contributed by atoms with E-state index in [1.807, 2.05) is 0 Å². The largest absolute Gasteiger partial charge is 0.495 e. The lowest BCUT2D eigenvalue weighted by atomic mass is 9.79. The van der Waals surface area contributed by atoms with Crippen LogP contribution < -0.4 is 10.5 Å². The van der Waals surface area contributed by atoms with Crippen LogP contribution in [0.1, 0.15) is 38.6 Å². The number of benzene rings is 1. The molecule has 0 saturated carbocycles. The summed E-state index contributed by atoms with van der Waals surface area (Å²) in [7, 11) is -2.68. The van der Waals surface area contributed by atoms with Gasteiger partial charge in [-0.1, -0.05) is 6.07 Å². The van der Waals surface area contributed by atoms with E-state index in [2.05, 4.69) is 14.7 Å². The Bertz CT molecular complexity index is 1050. The highest BCUT2D eigenvalue weighted by molar-refractivity contribution is 5.95. The minimum Gasteiger partial charge on any atom is -0.495 e. The van der Waals surface area contributed by atoms with Crippen LogP contribution in [0.15, 0.2) is 41.5 Å². The highest BCUT2D eigenvalue weighted by Gasteiger charge is 2.58. The van der Waals surface area contributed by atoms with Crippen LogP contribution in [0.5, 0.6) is 5.75 Å². The lowest BCUT2D eigenvalue weighted by Gasteiger charge is -2.39. The predicted molar refractivity (Wildman–Crippen MR) is 98.7 cm³/mol. The highest BCUT2D eigenvalue weighted by atomic mass is 19.3. The molecule has 2 N–H and O–H groups in total. The first-order chi connectivity index (χ1) is 14.9. The summed E-state index contributed by atoms with van der Waals surface area (Å²) in [5.74, 6) is -5.63. The summed E-state index contributed by atoms with van der Waals surface area (Å²) in [6.45, 7) is -1.68. The van der Waals surface area contributed by atoms with Gasteiger partial charge in [-0.2, -0.15) is 0 Å². The van der Waals surface area contributed by atoms with E-state index in [9.17, 15) is 22.4 Å².